The Hall–Kier alpha value is -2.91. The lowest BCUT2D eigenvalue weighted by atomic mass is 10.2. The molecule has 0 unspecified atom stereocenters. The van der Waals surface area contributed by atoms with E-state index in [1.165, 1.54) is 18.0 Å². The second-order valence-electron chi connectivity index (χ2n) is 6.57. The van der Waals surface area contributed by atoms with Crippen molar-refractivity contribution in [3.8, 4) is 17.1 Å². The summed E-state index contributed by atoms with van der Waals surface area (Å²) < 4.78 is 1.86. The molecular weight excluding hydrogens is 503 g/mol. The van der Waals surface area contributed by atoms with E-state index < -0.39 is 0 Å². The highest BCUT2D eigenvalue weighted by molar-refractivity contribution is 7.99. The smallest absolute Gasteiger partial charge is 0.250 e. The van der Waals surface area contributed by atoms with Gasteiger partial charge in [0.2, 0.25) is 0 Å². The number of hydrogen-bond acceptors (Lipinski definition) is 6. The van der Waals surface area contributed by atoms with E-state index in [1.54, 1.807) is 42.7 Å². The number of nitrogens with one attached hydrogen (secondary N) is 1. The number of halogens is 3. The molecule has 0 aliphatic heterocycles. The molecule has 11 heteroatoms. The van der Waals surface area contributed by atoms with Crippen molar-refractivity contribution in [2.45, 2.75) is 5.16 Å². The minimum Gasteiger partial charge on any atom is -0.272 e. The van der Waals surface area contributed by atoms with E-state index >= 15 is 0 Å². The monoisotopic (exact) mass is 516 g/mol. The third-order valence-electron chi connectivity index (χ3n) is 4.37. The van der Waals surface area contributed by atoms with Gasteiger partial charge in [-0.2, -0.15) is 5.10 Å². The van der Waals surface area contributed by atoms with Crippen molar-refractivity contribution in [2.75, 3.05) is 5.75 Å². The third kappa shape index (κ3) is 5.72. The maximum atomic E-state index is 12.4. The van der Waals surface area contributed by atoms with Gasteiger partial charge in [0.05, 0.1) is 22.0 Å². The van der Waals surface area contributed by atoms with Gasteiger partial charge in [0, 0.05) is 34.2 Å². The van der Waals surface area contributed by atoms with Crippen LogP contribution < -0.4 is 5.43 Å². The van der Waals surface area contributed by atoms with Gasteiger partial charge >= 0.3 is 0 Å². The Kier molecular flexibility index (Phi) is 7.61. The zero-order valence-electron chi connectivity index (χ0n) is 16.8. The van der Waals surface area contributed by atoms with E-state index in [9.17, 15) is 4.79 Å². The SMILES string of the molecule is O=C(CSc1nnc(-c2ccncc2)n1-c1ccc(Cl)cc1)NN=Cc1c(Cl)cccc1Cl. The number of aromatic nitrogens is 4. The average molecular weight is 518 g/mol. The highest BCUT2D eigenvalue weighted by atomic mass is 35.5. The normalized spacial score (nSPS) is 11.1. The van der Waals surface area contributed by atoms with Crippen molar-refractivity contribution >= 4 is 58.7 Å². The van der Waals surface area contributed by atoms with Crippen molar-refractivity contribution in [2.24, 2.45) is 5.10 Å². The Labute approximate surface area is 208 Å². The number of hydrazone groups is 1. The molecule has 0 aliphatic rings. The fraction of sp³-hybridized carbons (Fsp3) is 0.0455. The van der Waals surface area contributed by atoms with Crippen LogP contribution in [0.3, 0.4) is 0 Å². The van der Waals surface area contributed by atoms with Crippen LogP contribution >= 0.6 is 46.6 Å². The molecule has 4 rings (SSSR count). The zero-order valence-corrected chi connectivity index (χ0v) is 19.9. The molecule has 1 N–H and O–H groups in total. The lowest BCUT2D eigenvalue weighted by Gasteiger charge is -2.10. The second kappa shape index (κ2) is 10.8. The lowest BCUT2D eigenvalue weighted by molar-refractivity contribution is -0.118. The molecule has 2 aromatic carbocycles. The first-order valence-corrected chi connectivity index (χ1v) is 11.7. The van der Waals surface area contributed by atoms with Crippen LogP contribution in [0.4, 0.5) is 0 Å². The van der Waals surface area contributed by atoms with Crippen molar-refractivity contribution in [1.82, 2.24) is 25.2 Å². The number of carbonyl (C=O) groups excluding carboxylic acids is 1. The molecule has 2 heterocycles. The minimum absolute atomic E-state index is 0.0651. The van der Waals surface area contributed by atoms with Gasteiger partial charge in [0.1, 0.15) is 0 Å². The predicted octanol–water partition coefficient (Wildman–Crippen LogP) is 5.53. The summed E-state index contributed by atoms with van der Waals surface area (Å²) in [6.07, 6.45) is 4.77. The van der Waals surface area contributed by atoms with Crippen LogP contribution in [0.5, 0.6) is 0 Å². The zero-order chi connectivity index (χ0) is 23.2. The standard InChI is InChI=1S/C22H15Cl3N6OS/c23-15-4-6-16(7-5-15)31-21(14-8-10-26-11-9-14)29-30-22(31)33-13-20(32)28-27-12-17-18(24)2-1-3-19(17)25/h1-12H,13H2,(H,28,32). The molecule has 0 spiro atoms. The second-order valence-corrected chi connectivity index (χ2v) is 8.76. The molecule has 4 aromatic rings. The highest BCUT2D eigenvalue weighted by Gasteiger charge is 2.17. The number of thioether (sulfide) groups is 1. The van der Waals surface area contributed by atoms with Gasteiger partial charge in [0.25, 0.3) is 5.91 Å². The first kappa shape index (κ1) is 23.3. The van der Waals surface area contributed by atoms with Gasteiger partial charge in [0.15, 0.2) is 11.0 Å². The summed E-state index contributed by atoms with van der Waals surface area (Å²) in [6, 6.07) is 16.1. The number of amides is 1. The summed E-state index contributed by atoms with van der Waals surface area (Å²) in [6.45, 7) is 0. The molecule has 0 aliphatic carbocycles. The summed E-state index contributed by atoms with van der Waals surface area (Å²) in [5.41, 5.74) is 4.65. The van der Waals surface area contributed by atoms with Gasteiger partial charge in [-0.05, 0) is 48.5 Å². The summed E-state index contributed by atoms with van der Waals surface area (Å²) in [7, 11) is 0. The molecule has 166 valence electrons. The minimum atomic E-state index is -0.324. The van der Waals surface area contributed by atoms with Crippen LogP contribution in [-0.4, -0.2) is 37.6 Å². The van der Waals surface area contributed by atoms with Crippen molar-refractivity contribution in [3.63, 3.8) is 0 Å². The number of hydrogen-bond donors (Lipinski definition) is 1. The van der Waals surface area contributed by atoms with Crippen LogP contribution in [0.1, 0.15) is 5.56 Å². The molecule has 0 fully saturated rings. The number of nitrogens with zero attached hydrogens (tertiary/aromatic N) is 5. The molecule has 33 heavy (non-hydrogen) atoms. The molecule has 0 saturated carbocycles. The van der Waals surface area contributed by atoms with Crippen LogP contribution in [0.25, 0.3) is 17.1 Å². The van der Waals surface area contributed by atoms with Crippen molar-refractivity contribution < 1.29 is 4.79 Å². The Morgan fingerprint density at radius 1 is 1.00 bits per heavy atom. The number of pyridine rings is 1. The van der Waals surface area contributed by atoms with Gasteiger partial charge in [-0.15, -0.1) is 10.2 Å². The summed E-state index contributed by atoms with van der Waals surface area (Å²) in [5, 5.41) is 14.6. The molecule has 0 atom stereocenters. The van der Waals surface area contributed by atoms with Crippen LogP contribution in [0.2, 0.25) is 15.1 Å². The Bertz CT molecular complexity index is 1280. The van der Waals surface area contributed by atoms with Gasteiger partial charge in [-0.25, -0.2) is 5.43 Å². The lowest BCUT2D eigenvalue weighted by Crippen LogP contribution is -2.20. The summed E-state index contributed by atoms with van der Waals surface area (Å²) >= 11 is 19.5. The van der Waals surface area contributed by atoms with Crippen molar-refractivity contribution in [1.29, 1.82) is 0 Å². The fourth-order valence-electron chi connectivity index (χ4n) is 2.84. The molecule has 7 nitrogen and oxygen atoms in total. The average Bonchev–Trinajstić information content (AvgIpc) is 3.25. The van der Waals surface area contributed by atoms with Gasteiger partial charge in [-0.1, -0.05) is 52.6 Å². The van der Waals surface area contributed by atoms with E-state index in [4.69, 9.17) is 34.8 Å². The van der Waals surface area contributed by atoms with Crippen LogP contribution in [0.15, 0.2) is 77.2 Å². The Morgan fingerprint density at radius 3 is 2.39 bits per heavy atom. The molecular formula is C22H15Cl3N6OS. The molecule has 0 radical (unpaired) electrons. The topological polar surface area (TPSA) is 85.1 Å². The maximum Gasteiger partial charge on any atom is 0.250 e. The molecule has 1 amide bonds. The molecule has 2 aromatic heterocycles. The van der Waals surface area contributed by atoms with E-state index in [0.29, 0.717) is 31.6 Å². The van der Waals surface area contributed by atoms with E-state index in [1.807, 2.05) is 28.8 Å². The maximum absolute atomic E-state index is 12.4. The molecule has 0 bridgehead atoms. The van der Waals surface area contributed by atoms with Crippen LogP contribution in [-0.2, 0) is 4.79 Å². The Morgan fingerprint density at radius 2 is 1.70 bits per heavy atom. The first-order chi connectivity index (χ1) is 16.0. The number of benzene rings is 2. The van der Waals surface area contributed by atoms with Gasteiger partial charge < -0.3 is 0 Å². The summed E-state index contributed by atoms with van der Waals surface area (Å²) in [5.74, 6) is 0.361. The molecule has 0 saturated heterocycles. The number of rotatable bonds is 7. The quantitative estimate of drug-likeness (QED) is 0.198. The van der Waals surface area contributed by atoms with E-state index in [0.717, 1.165) is 11.3 Å². The van der Waals surface area contributed by atoms with E-state index in [2.05, 4.69) is 25.7 Å². The first-order valence-electron chi connectivity index (χ1n) is 9.53. The van der Waals surface area contributed by atoms with Gasteiger partial charge in [-0.3, -0.25) is 14.3 Å². The number of carbonyl (C=O) groups is 1. The third-order valence-corrected chi connectivity index (χ3v) is 6.21. The van der Waals surface area contributed by atoms with Crippen molar-refractivity contribution in [3.05, 3.63) is 87.6 Å². The van der Waals surface area contributed by atoms with Crippen LogP contribution in [0, 0.1) is 0 Å². The fourth-order valence-corrected chi connectivity index (χ4v) is 4.20. The Balaban J connectivity index is 1.51. The largest absolute Gasteiger partial charge is 0.272 e. The van der Waals surface area contributed by atoms with E-state index in [-0.39, 0.29) is 11.7 Å². The highest BCUT2D eigenvalue weighted by Crippen LogP contribution is 2.28. The summed E-state index contributed by atoms with van der Waals surface area (Å²) in [4.78, 5) is 16.4. The predicted molar refractivity (Wildman–Crippen MR) is 133 cm³/mol.